The average molecular weight is 165 g/mol. The molecule has 0 bridgehead atoms. The van der Waals surface area contributed by atoms with Crippen LogP contribution in [0.25, 0.3) is 0 Å². The van der Waals surface area contributed by atoms with E-state index >= 15 is 0 Å². The van der Waals surface area contributed by atoms with E-state index in [9.17, 15) is 0 Å². The van der Waals surface area contributed by atoms with Crippen molar-refractivity contribution < 1.29 is 5.11 Å². The number of hydrogen-bond donors (Lipinski definition) is 1. The van der Waals surface area contributed by atoms with Crippen molar-refractivity contribution in [1.29, 1.82) is 0 Å². The number of aryl methyl sites for hydroxylation is 2. The fraction of sp³-hybridized carbons (Fsp3) is 0.500. The number of aliphatic hydroxyl groups excluding tert-OH is 1. The monoisotopic (exact) mass is 165 g/mol. The minimum Gasteiger partial charge on any atom is -0.392 e. The second-order valence-corrected chi connectivity index (χ2v) is 2.96. The van der Waals surface area contributed by atoms with Gasteiger partial charge in [-0.3, -0.25) is 4.98 Å². The van der Waals surface area contributed by atoms with Crippen molar-refractivity contribution in [1.82, 2.24) is 4.98 Å². The maximum absolute atomic E-state index is 8.90. The van der Waals surface area contributed by atoms with Gasteiger partial charge in [-0.2, -0.15) is 0 Å². The Kier molecular flexibility index (Phi) is 3.23. The summed E-state index contributed by atoms with van der Waals surface area (Å²) in [5.41, 5.74) is 2.99. The van der Waals surface area contributed by atoms with Crippen LogP contribution in [0.15, 0.2) is 12.1 Å². The van der Waals surface area contributed by atoms with Crippen LogP contribution in [0.2, 0.25) is 0 Å². The number of hydrogen-bond acceptors (Lipinski definition) is 2. The molecule has 2 heteroatoms. The Morgan fingerprint density at radius 2 is 2.17 bits per heavy atom. The van der Waals surface area contributed by atoms with Crippen LogP contribution in [-0.4, -0.2) is 10.1 Å². The molecule has 0 radical (unpaired) electrons. The van der Waals surface area contributed by atoms with Crippen molar-refractivity contribution in [2.45, 2.75) is 33.3 Å². The lowest BCUT2D eigenvalue weighted by Crippen LogP contribution is -1.96. The Hall–Kier alpha value is -0.890. The van der Waals surface area contributed by atoms with Crippen LogP contribution in [0.1, 0.15) is 30.3 Å². The van der Waals surface area contributed by atoms with Crippen LogP contribution in [0.3, 0.4) is 0 Å². The largest absolute Gasteiger partial charge is 0.392 e. The van der Waals surface area contributed by atoms with Crippen LogP contribution in [0, 0.1) is 6.92 Å². The van der Waals surface area contributed by atoms with Gasteiger partial charge in [0.1, 0.15) is 0 Å². The third-order valence-electron chi connectivity index (χ3n) is 1.93. The number of pyridine rings is 1. The highest BCUT2D eigenvalue weighted by Gasteiger charge is 1.99. The molecule has 0 saturated heterocycles. The third-order valence-corrected chi connectivity index (χ3v) is 1.93. The van der Waals surface area contributed by atoms with Gasteiger partial charge >= 0.3 is 0 Å². The van der Waals surface area contributed by atoms with Crippen LogP contribution >= 0.6 is 0 Å². The van der Waals surface area contributed by atoms with Gasteiger partial charge in [-0.15, -0.1) is 0 Å². The SMILES string of the molecule is CCCc1ccc(CO)c(C)n1. The van der Waals surface area contributed by atoms with Gasteiger partial charge in [0.25, 0.3) is 0 Å². The molecule has 0 aromatic carbocycles. The first-order valence-electron chi connectivity index (χ1n) is 4.34. The van der Waals surface area contributed by atoms with Gasteiger partial charge in [0.15, 0.2) is 0 Å². The van der Waals surface area contributed by atoms with Gasteiger partial charge in [0.2, 0.25) is 0 Å². The number of aromatic nitrogens is 1. The molecular weight excluding hydrogens is 150 g/mol. The lowest BCUT2D eigenvalue weighted by molar-refractivity contribution is 0.280. The van der Waals surface area contributed by atoms with E-state index in [1.54, 1.807) is 0 Å². The van der Waals surface area contributed by atoms with E-state index in [0.717, 1.165) is 29.8 Å². The Morgan fingerprint density at radius 1 is 1.42 bits per heavy atom. The molecule has 2 nitrogen and oxygen atoms in total. The van der Waals surface area contributed by atoms with Crippen LogP contribution in [0.4, 0.5) is 0 Å². The standard InChI is InChI=1S/C10H15NO/c1-3-4-10-6-5-9(7-12)8(2)11-10/h5-6,12H,3-4,7H2,1-2H3. The zero-order valence-corrected chi connectivity index (χ0v) is 7.67. The predicted molar refractivity (Wildman–Crippen MR) is 48.9 cm³/mol. The van der Waals surface area contributed by atoms with Crippen LogP contribution < -0.4 is 0 Å². The van der Waals surface area contributed by atoms with E-state index in [1.807, 2.05) is 19.1 Å². The molecule has 0 aliphatic carbocycles. The number of rotatable bonds is 3. The van der Waals surface area contributed by atoms with Gasteiger partial charge in [-0.25, -0.2) is 0 Å². The van der Waals surface area contributed by atoms with E-state index in [-0.39, 0.29) is 6.61 Å². The van der Waals surface area contributed by atoms with Crippen LogP contribution in [-0.2, 0) is 13.0 Å². The first-order valence-corrected chi connectivity index (χ1v) is 4.34. The molecule has 0 fully saturated rings. The summed E-state index contributed by atoms with van der Waals surface area (Å²) in [6.07, 6.45) is 2.14. The second kappa shape index (κ2) is 4.21. The molecule has 0 amide bonds. The van der Waals surface area contributed by atoms with Gasteiger partial charge in [-0.05, 0) is 25.0 Å². The van der Waals surface area contributed by atoms with Crippen molar-refractivity contribution in [2.24, 2.45) is 0 Å². The fourth-order valence-electron chi connectivity index (χ4n) is 1.20. The zero-order chi connectivity index (χ0) is 8.97. The smallest absolute Gasteiger partial charge is 0.0699 e. The molecule has 0 unspecified atom stereocenters. The number of nitrogens with zero attached hydrogens (tertiary/aromatic N) is 1. The Bertz CT molecular complexity index is 258. The lowest BCUT2D eigenvalue weighted by atomic mass is 10.1. The molecule has 1 heterocycles. The maximum atomic E-state index is 8.90. The van der Waals surface area contributed by atoms with Gasteiger partial charge < -0.3 is 5.11 Å². The first kappa shape index (κ1) is 9.20. The summed E-state index contributed by atoms with van der Waals surface area (Å²) in [5.74, 6) is 0. The molecule has 0 aliphatic heterocycles. The molecule has 1 aromatic rings. The van der Waals surface area contributed by atoms with E-state index in [4.69, 9.17) is 5.11 Å². The van der Waals surface area contributed by atoms with Crippen molar-refractivity contribution in [2.75, 3.05) is 0 Å². The summed E-state index contributed by atoms with van der Waals surface area (Å²) >= 11 is 0. The van der Waals surface area contributed by atoms with Crippen molar-refractivity contribution in [3.05, 3.63) is 29.1 Å². The molecule has 12 heavy (non-hydrogen) atoms. The highest BCUT2D eigenvalue weighted by Crippen LogP contribution is 2.07. The summed E-state index contributed by atoms with van der Waals surface area (Å²) < 4.78 is 0. The first-order chi connectivity index (χ1) is 5.77. The summed E-state index contributed by atoms with van der Waals surface area (Å²) in [6, 6.07) is 3.94. The van der Waals surface area contributed by atoms with Crippen molar-refractivity contribution in [3.63, 3.8) is 0 Å². The summed E-state index contributed by atoms with van der Waals surface area (Å²) in [4.78, 5) is 4.37. The summed E-state index contributed by atoms with van der Waals surface area (Å²) in [5, 5.41) is 8.90. The topological polar surface area (TPSA) is 33.1 Å². The Labute approximate surface area is 73.3 Å². The third kappa shape index (κ3) is 2.05. The van der Waals surface area contributed by atoms with E-state index in [1.165, 1.54) is 0 Å². The molecule has 0 atom stereocenters. The molecular formula is C10H15NO. The highest BCUT2D eigenvalue weighted by atomic mass is 16.3. The van der Waals surface area contributed by atoms with Gasteiger partial charge in [0.05, 0.1) is 6.61 Å². The van der Waals surface area contributed by atoms with Crippen LogP contribution in [0.5, 0.6) is 0 Å². The fourth-order valence-corrected chi connectivity index (χ4v) is 1.20. The average Bonchev–Trinajstić information content (AvgIpc) is 2.05. The molecule has 1 rings (SSSR count). The second-order valence-electron chi connectivity index (χ2n) is 2.96. The molecule has 0 saturated carbocycles. The summed E-state index contributed by atoms with van der Waals surface area (Å²) in [6.45, 7) is 4.16. The zero-order valence-electron chi connectivity index (χ0n) is 7.67. The van der Waals surface area contributed by atoms with E-state index in [2.05, 4.69) is 11.9 Å². The molecule has 0 spiro atoms. The van der Waals surface area contributed by atoms with Gasteiger partial charge in [-0.1, -0.05) is 19.4 Å². The minimum absolute atomic E-state index is 0.0885. The molecule has 1 N–H and O–H groups in total. The van der Waals surface area contributed by atoms with Crippen molar-refractivity contribution in [3.8, 4) is 0 Å². The maximum Gasteiger partial charge on any atom is 0.0699 e. The Balaban J connectivity index is 2.86. The number of aliphatic hydroxyl groups is 1. The minimum atomic E-state index is 0.0885. The van der Waals surface area contributed by atoms with E-state index in [0.29, 0.717) is 0 Å². The lowest BCUT2D eigenvalue weighted by Gasteiger charge is -2.03. The van der Waals surface area contributed by atoms with E-state index < -0.39 is 0 Å². The normalized spacial score (nSPS) is 10.2. The molecule has 66 valence electrons. The van der Waals surface area contributed by atoms with Gasteiger partial charge in [0, 0.05) is 11.4 Å². The highest BCUT2D eigenvalue weighted by molar-refractivity contribution is 5.21. The molecule has 0 aliphatic rings. The quantitative estimate of drug-likeness (QED) is 0.741. The predicted octanol–water partition coefficient (Wildman–Crippen LogP) is 1.83. The Morgan fingerprint density at radius 3 is 2.67 bits per heavy atom. The van der Waals surface area contributed by atoms with Crippen molar-refractivity contribution >= 4 is 0 Å². The molecule has 1 aromatic heterocycles. The summed E-state index contributed by atoms with van der Waals surface area (Å²) in [7, 11) is 0.